The number of nitrogens with one attached hydrogen (secondary N) is 2. The van der Waals surface area contributed by atoms with Crippen molar-refractivity contribution < 1.29 is 9.47 Å². The average molecular weight is 361 g/mol. The highest BCUT2D eigenvalue weighted by Crippen LogP contribution is 2.31. The van der Waals surface area contributed by atoms with Gasteiger partial charge in [0.1, 0.15) is 23.4 Å². The molecule has 3 aromatic rings. The molecule has 136 valence electrons. The van der Waals surface area contributed by atoms with Gasteiger partial charge in [0.2, 0.25) is 5.95 Å². The van der Waals surface area contributed by atoms with E-state index in [1.807, 2.05) is 43.3 Å². The molecule has 7 nitrogen and oxygen atoms in total. The van der Waals surface area contributed by atoms with Crippen LogP contribution in [0.5, 0.6) is 11.5 Å². The topological polar surface area (TPSA) is 92.1 Å². The number of rotatable bonds is 6. The van der Waals surface area contributed by atoms with Gasteiger partial charge in [0.15, 0.2) is 0 Å². The van der Waals surface area contributed by atoms with Crippen LogP contribution >= 0.6 is 0 Å². The van der Waals surface area contributed by atoms with E-state index in [0.29, 0.717) is 40.2 Å². The fourth-order valence-corrected chi connectivity index (χ4v) is 2.54. The lowest BCUT2D eigenvalue weighted by atomic mass is 10.2. The zero-order valence-electron chi connectivity index (χ0n) is 15.3. The van der Waals surface area contributed by atoms with Crippen LogP contribution in [-0.2, 0) is 0 Å². The minimum absolute atomic E-state index is 0.412. The first-order valence-electron chi connectivity index (χ1n) is 8.24. The third-order valence-electron chi connectivity index (χ3n) is 3.82. The molecule has 0 aliphatic rings. The van der Waals surface area contributed by atoms with Crippen molar-refractivity contribution in [2.45, 2.75) is 6.92 Å². The Morgan fingerprint density at radius 2 is 1.74 bits per heavy atom. The fourth-order valence-electron chi connectivity index (χ4n) is 2.54. The molecule has 7 heteroatoms. The molecule has 0 spiro atoms. The summed E-state index contributed by atoms with van der Waals surface area (Å²) in [7, 11) is 3.19. The number of aryl methyl sites for hydroxylation is 1. The van der Waals surface area contributed by atoms with Crippen molar-refractivity contribution >= 4 is 23.1 Å². The van der Waals surface area contributed by atoms with E-state index >= 15 is 0 Å². The maximum Gasteiger partial charge on any atom is 0.229 e. The summed E-state index contributed by atoms with van der Waals surface area (Å²) < 4.78 is 10.6. The molecule has 3 rings (SSSR count). The number of hydrogen-bond donors (Lipinski definition) is 2. The molecule has 0 fully saturated rings. The number of methoxy groups -OCH3 is 2. The van der Waals surface area contributed by atoms with E-state index in [0.717, 1.165) is 5.69 Å². The number of hydrogen-bond acceptors (Lipinski definition) is 7. The predicted octanol–water partition coefficient (Wildman–Crippen LogP) is 4.16. The van der Waals surface area contributed by atoms with Crippen molar-refractivity contribution in [3.8, 4) is 17.6 Å². The van der Waals surface area contributed by atoms with Crippen molar-refractivity contribution in [2.75, 3.05) is 24.9 Å². The standard InChI is InChI=1S/C20H19N5O2/c1-13-10-19(23-16-7-5-4-6-14(16)12-21)25-20(22-13)24-17-9-8-15(26-2)11-18(17)27-3/h4-11H,1-3H3,(H2,22,23,24,25). The Bertz CT molecular complexity index is 998. The summed E-state index contributed by atoms with van der Waals surface area (Å²) in [5.41, 5.74) is 2.72. The van der Waals surface area contributed by atoms with E-state index in [-0.39, 0.29) is 0 Å². The predicted molar refractivity (Wildman–Crippen MR) is 104 cm³/mol. The van der Waals surface area contributed by atoms with Crippen molar-refractivity contribution in [3.05, 3.63) is 59.8 Å². The van der Waals surface area contributed by atoms with Gasteiger partial charge in [-0.05, 0) is 31.2 Å². The Hall–Kier alpha value is -3.79. The van der Waals surface area contributed by atoms with Crippen LogP contribution in [0, 0.1) is 18.3 Å². The molecule has 1 heterocycles. The highest BCUT2D eigenvalue weighted by Gasteiger charge is 2.09. The molecule has 2 aromatic carbocycles. The third kappa shape index (κ3) is 4.25. The van der Waals surface area contributed by atoms with E-state index in [9.17, 15) is 5.26 Å². The number of nitriles is 1. The highest BCUT2D eigenvalue weighted by molar-refractivity contribution is 5.67. The number of para-hydroxylation sites is 1. The van der Waals surface area contributed by atoms with Gasteiger partial charge < -0.3 is 20.1 Å². The number of anilines is 4. The Morgan fingerprint density at radius 1 is 0.926 bits per heavy atom. The van der Waals surface area contributed by atoms with Gasteiger partial charge in [-0.2, -0.15) is 10.2 Å². The van der Waals surface area contributed by atoms with Gasteiger partial charge in [0.05, 0.1) is 31.2 Å². The summed E-state index contributed by atoms with van der Waals surface area (Å²) in [6.07, 6.45) is 0. The molecular weight excluding hydrogens is 342 g/mol. The molecular formula is C20H19N5O2. The smallest absolute Gasteiger partial charge is 0.229 e. The summed E-state index contributed by atoms with van der Waals surface area (Å²) in [5, 5.41) is 15.6. The largest absolute Gasteiger partial charge is 0.497 e. The monoisotopic (exact) mass is 361 g/mol. The first-order valence-corrected chi connectivity index (χ1v) is 8.24. The molecule has 2 N–H and O–H groups in total. The molecule has 0 saturated heterocycles. The summed E-state index contributed by atoms with van der Waals surface area (Å²) in [6, 6.07) is 16.7. The van der Waals surface area contributed by atoms with E-state index < -0.39 is 0 Å². The van der Waals surface area contributed by atoms with Crippen LogP contribution in [0.4, 0.5) is 23.1 Å². The Labute approximate surface area is 157 Å². The van der Waals surface area contributed by atoms with E-state index in [4.69, 9.17) is 9.47 Å². The summed E-state index contributed by atoms with van der Waals surface area (Å²) in [4.78, 5) is 8.91. The van der Waals surface area contributed by atoms with E-state index in [1.54, 1.807) is 26.4 Å². The molecule has 0 saturated carbocycles. The molecule has 0 atom stereocenters. The quantitative estimate of drug-likeness (QED) is 0.681. The lowest BCUT2D eigenvalue weighted by Crippen LogP contribution is -2.04. The van der Waals surface area contributed by atoms with Crippen molar-refractivity contribution in [1.29, 1.82) is 5.26 Å². The molecule has 0 aliphatic heterocycles. The second-order valence-electron chi connectivity index (χ2n) is 5.69. The zero-order valence-corrected chi connectivity index (χ0v) is 15.3. The SMILES string of the molecule is COc1ccc(Nc2nc(C)cc(Nc3ccccc3C#N)n2)c(OC)c1. The second-order valence-corrected chi connectivity index (χ2v) is 5.69. The number of nitrogens with zero attached hydrogens (tertiary/aromatic N) is 3. The number of ether oxygens (including phenoxy) is 2. The minimum atomic E-state index is 0.412. The number of aromatic nitrogens is 2. The highest BCUT2D eigenvalue weighted by atomic mass is 16.5. The van der Waals surface area contributed by atoms with Gasteiger partial charge in [-0.1, -0.05) is 12.1 Å². The average Bonchev–Trinajstić information content (AvgIpc) is 2.68. The fraction of sp³-hybridized carbons (Fsp3) is 0.150. The van der Waals surface area contributed by atoms with Crippen LogP contribution in [0.2, 0.25) is 0 Å². The van der Waals surface area contributed by atoms with Gasteiger partial charge in [0.25, 0.3) is 0 Å². The lowest BCUT2D eigenvalue weighted by Gasteiger charge is -2.13. The maximum atomic E-state index is 9.24. The first kappa shape index (κ1) is 18.0. The molecule has 0 amide bonds. The Morgan fingerprint density at radius 3 is 2.48 bits per heavy atom. The van der Waals surface area contributed by atoms with Gasteiger partial charge in [0, 0.05) is 17.8 Å². The van der Waals surface area contributed by atoms with Crippen LogP contribution in [0.3, 0.4) is 0 Å². The Balaban J connectivity index is 1.89. The minimum Gasteiger partial charge on any atom is -0.497 e. The first-order chi connectivity index (χ1) is 13.1. The van der Waals surface area contributed by atoms with E-state index in [1.165, 1.54) is 0 Å². The van der Waals surface area contributed by atoms with Crippen LogP contribution < -0.4 is 20.1 Å². The zero-order chi connectivity index (χ0) is 19.2. The molecule has 0 bridgehead atoms. The van der Waals surface area contributed by atoms with Gasteiger partial charge in [-0.15, -0.1) is 0 Å². The second kappa shape index (κ2) is 8.06. The molecule has 27 heavy (non-hydrogen) atoms. The number of benzene rings is 2. The summed E-state index contributed by atoms with van der Waals surface area (Å²) >= 11 is 0. The van der Waals surface area contributed by atoms with Crippen LogP contribution in [0.1, 0.15) is 11.3 Å². The van der Waals surface area contributed by atoms with Crippen LogP contribution in [0.15, 0.2) is 48.5 Å². The third-order valence-corrected chi connectivity index (χ3v) is 3.82. The molecule has 0 aliphatic carbocycles. The van der Waals surface area contributed by atoms with E-state index in [2.05, 4.69) is 26.7 Å². The van der Waals surface area contributed by atoms with Crippen molar-refractivity contribution in [2.24, 2.45) is 0 Å². The molecule has 1 aromatic heterocycles. The maximum absolute atomic E-state index is 9.24. The normalized spacial score (nSPS) is 10.0. The van der Waals surface area contributed by atoms with Crippen LogP contribution in [-0.4, -0.2) is 24.2 Å². The summed E-state index contributed by atoms with van der Waals surface area (Å²) in [6.45, 7) is 1.87. The molecule has 0 radical (unpaired) electrons. The van der Waals surface area contributed by atoms with Gasteiger partial charge in [-0.25, -0.2) is 4.98 Å². The van der Waals surface area contributed by atoms with Gasteiger partial charge in [-0.3, -0.25) is 0 Å². The lowest BCUT2D eigenvalue weighted by molar-refractivity contribution is 0.395. The van der Waals surface area contributed by atoms with Crippen molar-refractivity contribution in [3.63, 3.8) is 0 Å². The van der Waals surface area contributed by atoms with Gasteiger partial charge >= 0.3 is 0 Å². The molecule has 0 unspecified atom stereocenters. The summed E-state index contributed by atoms with van der Waals surface area (Å²) in [5.74, 6) is 2.30. The Kier molecular flexibility index (Phi) is 5.38. The van der Waals surface area contributed by atoms with Crippen molar-refractivity contribution in [1.82, 2.24) is 9.97 Å². The van der Waals surface area contributed by atoms with Crippen LogP contribution in [0.25, 0.3) is 0 Å².